The first-order valence-corrected chi connectivity index (χ1v) is 10.8. The lowest BCUT2D eigenvalue weighted by molar-refractivity contribution is 0.468. The maximum atomic E-state index is 12.3. The molecule has 0 radical (unpaired) electrons. The Balaban J connectivity index is 2.02. The first-order valence-electron chi connectivity index (χ1n) is 7.31. The number of alkyl halides is 1. The number of nitrogens with zero attached hydrogens (tertiary/aromatic N) is 1. The van der Waals surface area contributed by atoms with Crippen LogP contribution in [0.15, 0.2) is 28.6 Å². The van der Waals surface area contributed by atoms with E-state index < -0.39 is 26.4 Å². The number of hydrogen-bond acceptors (Lipinski definition) is 4. The highest BCUT2D eigenvalue weighted by Gasteiger charge is 2.16. The van der Waals surface area contributed by atoms with Crippen LogP contribution in [0.2, 0.25) is 0 Å². The van der Waals surface area contributed by atoms with Crippen LogP contribution in [0.4, 0.5) is 15.8 Å². The molecule has 1 aliphatic rings. The Morgan fingerprint density at radius 3 is 2.36 bits per heavy atom. The number of unbranched alkanes of at least 4 members (excludes halogenated alkanes) is 1. The molecule has 0 amide bonds. The second-order valence-electron chi connectivity index (χ2n) is 5.34. The third-order valence-corrected chi connectivity index (χ3v) is 7.16. The van der Waals surface area contributed by atoms with Gasteiger partial charge in [0.2, 0.25) is 10.0 Å². The zero-order valence-electron chi connectivity index (χ0n) is 12.3. The molecule has 0 atom stereocenters. The third kappa shape index (κ3) is 5.24. The predicted octanol–water partition coefficient (Wildman–Crippen LogP) is 3.07. The van der Waals surface area contributed by atoms with Gasteiger partial charge in [0.05, 0.1) is 27.8 Å². The molecule has 0 spiro atoms. The molecule has 0 aliphatic carbocycles. The Bertz CT molecular complexity index is 696. The molecule has 0 aromatic heterocycles. The van der Waals surface area contributed by atoms with Gasteiger partial charge in [-0.2, -0.15) is 4.36 Å². The Morgan fingerprint density at radius 1 is 1.14 bits per heavy atom. The topological polar surface area (TPSA) is 75.6 Å². The molecule has 0 unspecified atom stereocenters. The van der Waals surface area contributed by atoms with Crippen LogP contribution in [0.1, 0.15) is 25.7 Å². The number of sulfonamides is 1. The first kappa shape index (κ1) is 17.2. The van der Waals surface area contributed by atoms with Crippen LogP contribution in [0.3, 0.4) is 0 Å². The van der Waals surface area contributed by atoms with E-state index in [1.807, 2.05) is 0 Å². The van der Waals surface area contributed by atoms with Crippen molar-refractivity contribution >= 4 is 31.1 Å². The molecule has 1 fully saturated rings. The maximum absolute atomic E-state index is 12.3. The molecular formula is C14H21FN2O3S2. The summed E-state index contributed by atoms with van der Waals surface area (Å²) in [4.78, 5) is 0. The van der Waals surface area contributed by atoms with Crippen molar-refractivity contribution in [2.75, 3.05) is 28.7 Å². The standard InChI is InChI=1S/C14H21FN2O3S2/c15-9-1-2-12-22(19,20)17-14-7-5-13(6-8-14)16-21(18)10-3-4-11-21/h5-8,17H,1-4,9-12H2. The van der Waals surface area contributed by atoms with Crippen molar-refractivity contribution in [1.29, 1.82) is 0 Å². The summed E-state index contributed by atoms with van der Waals surface area (Å²) in [6.45, 7) is -0.509. The van der Waals surface area contributed by atoms with Crippen molar-refractivity contribution in [3.8, 4) is 0 Å². The molecule has 124 valence electrons. The summed E-state index contributed by atoms with van der Waals surface area (Å²) in [7, 11) is -5.58. The van der Waals surface area contributed by atoms with Crippen LogP contribution in [0.25, 0.3) is 0 Å². The zero-order chi connectivity index (χ0) is 16.1. The Kier molecular flexibility index (Phi) is 5.80. The van der Waals surface area contributed by atoms with Gasteiger partial charge in [-0.25, -0.2) is 12.6 Å². The third-order valence-electron chi connectivity index (χ3n) is 3.39. The normalized spacial score (nSPS) is 17.3. The SMILES string of the molecule is O=S(=O)(CCCCF)Nc1ccc(N=S2(=O)CCCC2)cc1. The zero-order valence-corrected chi connectivity index (χ0v) is 14.0. The van der Waals surface area contributed by atoms with E-state index >= 15 is 0 Å². The minimum atomic E-state index is -3.46. The minimum absolute atomic E-state index is 0.100. The van der Waals surface area contributed by atoms with E-state index in [9.17, 15) is 17.0 Å². The highest BCUT2D eigenvalue weighted by atomic mass is 32.2. The molecule has 22 heavy (non-hydrogen) atoms. The smallest absolute Gasteiger partial charge is 0.232 e. The first-order chi connectivity index (χ1) is 10.4. The Morgan fingerprint density at radius 2 is 1.77 bits per heavy atom. The van der Waals surface area contributed by atoms with Crippen molar-refractivity contribution < 1.29 is 17.0 Å². The molecule has 5 nitrogen and oxygen atoms in total. The number of halogens is 1. The lowest BCUT2D eigenvalue weighted by Gasteiger charge is -2.08. The highest BCUT2D eigenvalue weighted by Crippen LogP contribution is 2.23. The van der Waals surface area contributed by atoms with E-state index in [1.165, 1.54) is 0 Å². The van der Waals surface area contributed by atoms with Crippen LogP contribution in [0, 0.1) is 0 Å². The van der Waals surface area contributed by atoms with Crippen LogP contribution < -0.4 is 4.72 Å². The minimum Gasteiger partial charge on any atom is -0.284 e. The molecule has 1 saturated heterocycles. The van der Waals surface area contributed by atoms with Gasteiger partial charge in [-0.3, -0.25) is 9.11 Å². The summed E-state index contributed by atoms with van der Waals surface area (Å²) < 4.78 is 54.6. The quantitative estimate of drug-likeness (QED) is 0.770. The van der Waals surface area contributed by atoms with Crippen LogP contribution >= 0.6 is 0 Å². The average molecular weight is 348 g/mol. The van der Waals surface area contributed by atoms with Gasteiger partial charge in [0, 0.05) is 17.2 Å². The fourth-order valence-corrected chi connectivity index (χ4v) is 5.63. The van der Waals surface area contributed by atoms with E-state index in [2.05, 4.69) is 9.08 Å². The Labute approximate surface area is 131 Å². The van der Waals surface area contributed by atoms with Crippen LogP contribution in [-0.4, -0.2) is 36.6 Å². The number of nitrogens with one attached hydrogen (secondary N) is 1. The molecule has 1 N–H and O–H groups in total. The molecule has 0 bridgehead atoms. The van der Waals surface area contributed by atoms with Crippen molar-refractivity contribution in [3.63, 3.8) is 0 Å². The van der Waals surface area contributed by atoms with Gasteiger partial charge in [-0.15, -0.1) is 0 Å². The lowest BCUT2D eigenvalue weighted by atomic mass is 10.3. The number of anilines is 1. The maximum Gasteiger partial charge on any atom is 0.232 e. The summed E-state index contributed by atoms with van der Waals surface area (Å²) >= 11 is 0. The van der Waals surface area contributed by atoms with Crippen molar-refractivity contribution in [2.24, 2.45) is 4.36 Å². The summed E-state index contributed by atoms with van der Waals surface area (Å²) in [5.74, 6) is 1.17. The molecule has 8 heteroatoms. The molecule has 1 aromatic rings. The van der Waals surface area contributed by atoms with E-state index in [4.69, 9.17) is 0 Å². The Hall–Kier alpha value is -1.15. The number of hydrogen-bond donors (Lipinski definition) is 1. The van der Waals surface area contributed by atoms with Gasteiger partial charge in [-0.05, 0) is 49.9 Å². The highest BCUT2D eigenvalue weighted by molar-refractivity contribution is 7.94. The summed E-state index contributed by atoms with van der Waals surface area (Å²) in [6, 6.07) is 6.52. The van der Waals surface area contributed by atoms with Crippen LogP contribution in [-0.2, 0) is 19.8 Å². The molecule has 1 aromatic carbocycles. The molecular weight excluding hydrogens is 327 g/mol. The molecule has 1 aliphatic heterocycles. The van der Waals surface area contributed by atoms with E-state index in [0.717, 1.165) is 12.8 Å². The van der Waals surface area contributed by atoms with E-state index in [-0.39, 0.29) is 12.2 Å². The molecule has 0 saturated carbocycles. The monoisotopic (exact) mass is 348 g/mol. The van der Waals surface area contributed by atoms with Crippen molar-refractivity contribution in [2.45, 2.75) is 25.7 Å². The molecule has 2 rings (SSSR count). The van der Waals surface area contributed by atoms with Crippen molar-refractivity contribution in [3.05, 3.63) is 24.3 Å². The van der Waals surface area contributed by atoms with E-state index in [1.54, 1.807) is 24.3 Å². The fraction of sp³-hybridized carbons (Fsp3) is 0.571. The van der Waals surface area contributed by atoms with Gasteiger partial charge >= 0.3 is 0 Å². The summed E-state index contributed by atoms with van der Waals surface area (Å²) in [6.07, 6.45) is 2.42. The second kappa shape index (κ2) is 7.41. The van der Waals surface area contributed by atoms with Crippen LogP contribution in [0.5, 0.6) is 0 Å². The van der Waals surface area contributed by atoms with Gasteiger partial charge in [-0.1, -0.05) is 0 Å². The van der Waals surface area contributed by atoms with Crippen molar-refractivity contribution in [1.82, 2.24) is 0 Å². The van der Waals surface area contributed by atoms with Gasteiger partial charge in [0.15, 0.2) is 0 Å². The predicted molar refractivity (Wildman–Crippen MR) is 88.3 cm³/mol. The summed E-state index contributed by atoms with van der Waals surface area (Å²) in [5, 5.41) is 0. The van der Waals surface area contributed by atoms with Gasteiger partial charge in [0.1, 0.15) is 0 Å². The number of rotatable bonds is 7. The second-order valence-corrected chi connectivity index (χ2v) is 9.73. The average Bonchev–Trinajstić information content (AvgIpc) is 2.87. The van der Waals surface area contributed by atoms with E-state index in [0.29, 0.717) is 29.3 Å². The van der Waals surface area contributed by atoms with Gasteiger partial charge in [0.25, 0.3) is 0 Å². The summed E-state index contributed by atoms with van der Waals surface area (Å²) in [5.41, 5.74) is 1.04. The fourth-order valence-electron chi connectivity index (χ4n) is 2.25. The van der Waals surface area contributed by atoms with Gasteiger partial charge < -0.3 is 0 Å². The number of benzene rings is 1. The molecule has 1 heterocycles. The lowest BCUT2D eigenvalue weighted by Crippen LogP contribution is -2.16. The largest absolute Gasteiger partial charge is 0.284 e.